The average Bonchev–Trinajstić information content (AvgIpc) is 3.41. The van der Waals surface area contributed by atoms with Gasteiger partial charge in [0.2, 0.25) is 17.8 Å². The molecule has 0 unspecified atom stereocenters. The van der Waals surface area contributed by atoms with Crippen molar-refractivity contribution < 1.29 is 23.8 Å². The number of benzene rings is 2. The van der Waals surface area contributed by atoms with E-state index in [2.05, 4.69) is 20.8 Å². The Balaban J connectivity index is 1.30. The lowest BCUT2D eigenvalue weighted by atomic mass is 10.2. The number of para-hydroxylation sites is 1. The molecule has 0 fully saturated rings. The van der Waals surface area contributed by atoms with Crippen LogP contribution in [0.4, 0.5) is 10.8 Å². The smallest absolute Gasteiger partial charge is 0.261 e. The molecule has 2 aromatic carbocycles. The van der Waals surface area contributed by atoms with E-state index < -0.39 is 0 Å². The van der Waals surface area contributed by atoms with E-state index in [9.17, 15) is 9.59 Å². The van der Waals surface area contributed by atoms with Crippen molar-refractivity contribution in [3.05, 3.63) is 48.0 Å². The zero-order chi connectivity index (χ0) is 20.9. The number of anilines is 2. The maximum Gasteiger partial charge on any atom is 0.261 e. The minimum absolute atomic E-state index is 0.142. The SMILES string of the molecule is COc1ccccc1C(=O)Nc1nnc(SCC(=O)Nc2ccc3c(c2)OCO3)s1. The van der Waals surface area contributed by atoms with Gasteiger partial charge in [-0.2, -0.15) is 0 Å². The molecule has 4 rings (SSSR count). The fourth-order valence-corrected chi connectivity index (χ4v) is 4.16. The number of amides is 2. The Bertz CT molecular complexity index is 1090. The first kappa shape index (κ1) is 20.0. The number of hydrogen-bond acceptors (Lipinski definition) is 9. The summed E-state index contributed by atoms with van der Waals surface area (Å²) in [5, 5.41) is 13.8. The van der Waals surface area contributed by atoms with Crippen LogP contribution < -0.4 is 24.8 Å². The summed E-state index contributed by atoms with van der Waals surface area (Å²) in [4.78, 5) is 24.6. The lowest BCUT2D eigenvalue weighted by molar-refractivity contribution is -0.113. The van der Waals surface area contributed by atoms with Crippen LogP contribution in [0, 0.1) is 0 Å². The van der Waals surface area contributed by atoms with E-state index in [1.807, 2.05) is 0 Å². The molecule has 9 nitrogen and oxygen atoms in total. The first-order valence-corrected chi connectivity index (χ1v) is 10.5. The molecule has 30 heavy (non-hydrogen) atoms. The van der Waals surface area contributed by atoms with Gasteiger partial charge in [0.05, 0.1) is 18.4 Å². The summed E-state index contributed by atoms with van der Waals surface area (Å²) in [6.45, 7) is 0.176. The van der Waals surface area contributed by atoms with Gasteiger partial charge < -0.3 is 19.5 Å². The molecule has 1 aliphatic heterocycles. The summed E-state index contributed by atoms with van der Waals surface area (Å²) < 4.78 is 16.3. The molecule has 0 spiro atoms. The number of methoxy groups -OCH3 is 1. The highest BCUT2D eigenvalue weighted by Gasteiger charge is 2.16. The first-order valence-electron chi connectivity index (χ1n) is 8.72. The van der Waals surface area contributed by atoms with Crippen molar-refractivity contribution in [2.45, 2.75) is 4.34 Å². The summed E-state index contributed by atoms with van der Waals surface area (Å²) in [5.74, 6) is 1.31. The Morgan fingerprint density at radius 2 is 1.97 bits per heavy atom. The maximum absolute atomic E-state index is 12.4. The number of nitrogens with one attached hydrogen (secondary N) is 2. The largest absolute Gasteiger partial charge is 0.496 e. The Morgan fingerprint density at radius 1 is 1.13 bits per heavy atom. The molecule has 0 aliphatic carbocycles. The highest BCUT2D eigenvalue weighted by atomic mass is 32.2. The molecule has 0 saturated heterocycles. The summed E-state index contributed by atoms with van der Waals surface area (Å²) in [6.07, 6.45) is 0. The lowest BCUT2D eigenvalue weighted by Crippen LogP contribution is -2.13. The van der Waals surface area contributed by atoms with Crippen molar-refractivity contribution in [2.75, 3.05) is 30.3 Å². The second kappa shape index (κ2) is 9.01. The number of thioether (sulfide) groups is 1. The molecule has 3 aromatic rings. The predicted molar refractivity (Wildman–Crippen MR) is 113 cm³/mol. The number of rotatable bonds is 7. The van der Waals surface area contributed by atoms with Crippen LogP contribution in [0.5, 0.6) is 17.2 Å². The van der Waals surface area contributed by atoms with Gasteiger partial charge >= 0.3 is 0 Å². The fraction of sp³-hybridized carbons (Fsp3) is 0.158. The molecule has 2 amide bonds. The molecule has 0 saturated carbocycles. The molecule has 1 aromatic heterocycles. The topological polar surface area (TPSA) is 112 Å². The van der Waals surface area contributed by atoms with Crippen LogP contribution >= 0.6 is 23.1 Å². The van der Waals surface area contributed by atoms with Gasteiger partial charge in [-0.3, -0.25) is 14.9 Å². The van der Waals surface area contributed by atoms with Crippen molar-refractivity contribution in [3.63, 3.8) is 0 Å². The Labute approximate surface area is 179 Å². The van der Waals surface area contributed by atoms with Crippen molar-refractivity contribution in [3.8, 4) is 17.2 Å². The van der Waals surface area contributed by atoms with Gasteiger partial charge in [-0.15, -0.1) is 10.2 Å². The van der Waals surface area contributed by atoms with E-state index in [0.29, 0.717) is 38.0 Å². The number of fused-ring (bicyclic) bond motifs is 1. The van der Waals surface area contributed by atoms with E-state index in [-0.39, 0.29) is 24.4 Å². The van der Waals surface area contributed by atoms with Crippen molar-refractivity contribution in [1.29, 1.82) is 0 Å². The summed E-state index contributed by atoms with van der Waals surface area (Å²) >= 11 is 2.41. The van der Waals surface area contributed by atoms with Gasteiger partial charge in [0, 0.05) is 11.8 Å². The van der Waals surface area contributed by atoms with Crippen molar-refractivity contribution in [1.82, 2.24) is 10.2 Å². The van der Waals surface area contributed by atoms with Gasteiger partial charge in [-0.25, -0.2) is 0 Å². The molecule has 0 radical (unpaired) electrons. The van der Waals surface area contributed by atoms with Gasteiger partial charge in [-0.05, 0) is 24.3 Å². The van der Waals surface area contributed by atoms with Gasteiger partial charge in [-0.1, -0.05) is 35.2 Å². The number of carbonyl (C=O) groups excluding carboxylic acids is 2. The molecule has 2 N–H and O–H groups in total. The third kappa shape index (κ3) is 4.63. The van der Waals surface area contributed by atoms with Crippen molar-refractivity contribution in [2.24, 2.45) is 0 Å². The monoisotopic (exact) mass is 444 g/mol. The lowest BCUT2D eigenvalue weighted by Gasteiger charge is -2.06. The average molecular weight is 444 g/mol. The summed E-state index contributed by atoms with van der Waals surface area (Å²) in [6, 6.07) is 12.1. The molecular weight excluding hydrogens is 428 g/mol. The summed E-state index contributed by atoms with van der Waals surface area (Å²) in [5.41, 5.74) is 1.01. The van der Waals surface area contributed by atoms with E-state index in [0.717, 1.165) is 0 Å². The van der Waals surface area contributed by atoms with E-state index in [4.69, 9.17) is 14.2 Å². The normalized spacial score (nSPS) is 11.8. The van der Waals surface area contributed by atoms with Crippen LogP contribution in [0.25, 0.3) is 0 Å². The highest BCUT2D eigenvalue weighted by Crippen LogP contribution is 2.34. The number of aromatic nitrogens is 2. The number of hydrogen-bond donors (Lipinski definition) is 2. The second-order valence-electron chi connectivity index (χ2n) is 5.93. The number of nitrogens with zero attached hydrogens (tertiary/aromatic N) is 2. The Kier molecular flexibility index (Phi) is 6.00. The van der Waals surface area contributed by atoms with Gasteiger partial charge in [0.25, 0.3) is 5.91 Å². The van der Waals surface area contributed by atoms with E-state index >= 15 is 0 Å². The van der Waals surface area contributed by atoms with Crippen LogP contribution in [0.15, 0.2) is 46.8 Å². The van der Waals surface area contributed by atoms with Crippen LogP contribution in [-0.4, -0.2) is 41.7 Å². The second-order valence-corrected chi connectivity index (χ2v) is 8.13. The van der Waals surface area contributed by atoms with Gasteiger partial charge in [0.15, 0.2) is 15.8 Å². The molecular formula is C19H16N4O5S2. The zero-order valence-electron chi connectivity index (χ0n) is 15.7. The third-order valence-electron chi connectivity index (χ3n) is 3.96. The van der Waals surface area contributed by atoms with E-state index in [1.165, 1.54) is 30.2 Å². The molecule has 0 atom stereocenters. The quantitative estimate of drug-likeness (QED) is 0.422. The number of ether oxygens (including phenoxy) is 3. The van der Waals surface area contributed by atoms with Gasteiger partial charge in [0.1, 0.15) is 5.75 Å². The van der Waals surface area contributed by atoms with Crippen LogP contribution in [0.2, 0.25) is 0 Å². The predicted octanol–water partition coefficient (Wildman–Crippen LogP) is 3.26. The molecule has 11 heteroatoms. The number of carbonyl (C=O) groups is 2. The van der Waals surface area contributed by atoms with Crippen molar-refractivity contribution >= 4 is 45.7 Å². The van der Waals surface area contributed by atoms with Crippen LogP contribution in [0.3, 0.4) is 0 Å². The van der Waals surface area contributed by atoms with Crippen LogP contribution in [-0.2, 0) is 4.79 Å². The minimum Gasteiger partial charge on any atom is -0.496 e. The molecule has 1 aliphatic rings. The molecule has 154 valence electrons. The zero-order valence-corrected chi connectivity index (χ0v) is 17.3. The minimum atomic E-state index is -0.347. The fourth-order valence-electron chi connectivity index (χ4n) is 2.61. The standard InChI is InChI=1S/C19H16N4O5S2/c1-26-13-5-3-2-4-12(13)17(25)21-18-22-23-19(30-18)29-9-16(24)20-11-6-7-14-15(8-11)28-10-27-14/h2-8H,9-10H2,1H3,(H,20,24)(H,21,22,25). The molecule has 0 bridgehead atoms. The van der Waals surface area contributed by atoms with E-state index in [1.54, 1.807) is 42.5 Å². The Morgan fingerprint density at radius 3 is 2.83 bits per heavy atom. The first-order chi connectivity index (χ1) is 14.6. The molecule has 2 heterocycles. The summed E-state index contributed by atoms with van der Waals surface area (Å²) in [7, 11) is 1.50. The highest BCUT2D eigenvalue weighted by molar-refractivity contribution is 8.01. The third-order valence-corrected chi connectivity index (χ3v) is 5.93. The Hall–Kier alpha value is -3.31. The van der Waals surface area contributed by atoms with Crippen LogP contribution in [0.1, 0.15) is 10.4 Å². The maximum atomic E-state index is 12.4.